The van der Waals surface area contributed by atoms with Crippen molar-refractivity contribution in [3.8, 4) is 0 Å². The molecule has 2 rings (SSSR count). The lowest BCUT2D eigenvalue weighted by atomic mass is 9.82. The first-order valence-electron chi connectivity index (χ1n) is 5.16. The third-order valence-electron chi connectivity index (χ3n) is 3.25. The molecule has 14 heavy (non-hydrogen) atoms. The van der Waals surface area contributed by atoms with Crippen LogP contribution in [0.5, 0.6) is 0 Å². The minimum Gasteiger partial charge on any atom is -0.481 e. The lowest BCUT2D eigenvalue weighted by Gasteiger charge is -2.42. The van der Waals surface area contributed by atoms with E-state index in [4.69, 9.17) is 9.84 Å². The Labute approximate surface area is 88.2 Å². The Morgan fingerprint density at radius 2 is 2.14 bits per heavy atom. The quantitative estimate of drug-likeness (QED) is 0.725. The van der Waals surface area contributed by atoms with Crippen molar-refractivity contribution in [3.05, 3.63) is 0 Å². The zero-order valence-corrected chi connectivity index (χ0v) is 9.02. The molecule has 80 valence electrons. The van der Waals surface area contributed by atoms with Crippen LogP contribution in [-0.2, 0) is 9.53 Å². The molecule has 1 unspecified atom stereocenters. The number of carboxylic acids is 1. The van der Waals surface area contributed by atoms with Gasteiger partial charge in [0.25, 0.3) is 0 Å². The third kappa shape index (κ3) is 2.06. The Hall–Kier alpha value is -0.220. The van der Waals surface area contributed by atoms with Crippen molar-refractivity contribution in [2.75, 3.05) is 18.1 Å². The SMILES string of the molecule is O=C(O)C1CCOC2(CCSCC2)C1. The van der Waals surface area contributed by atoms with E-state index in [1.54, 1.807) is 0 Å². The van der Waals surface area contributed by atoms with Gasteiger partial charge in [-0.15, -0.1) is 0 Å². The van der Waals surface area contributed by atoms with Crippen molar-refractivity contribution in [1.82, 2.24) is 0 Å². The smallest absolute Gasteiger partial charge is 0.306 e. The molecule has 0 radical (unpaired) electrons. The van der Waals surface area contributed by atoms with Crippen LogP contribution in [0.3, 0.4) is 0 Å². The average Bonchev–Trinajstić information content (AvgIpc) is 2.19. The van der Waals surface area contributed by atoms with Crippen molar-refractivity contribution in [1.29, 1.82) is 0 Å². The highest BCUT2D eigenvalue weighted by atomic mass is 32.2. The fourth-order valence-electron chi connectivity index (χ4n) is 2.33. The van der Waals surface area contributed by atoms with Gasteiger partial charge < -0.3 is 9.84 Å². The van der Waals surface area contributed by atoms with Gasteiger partial charge in [0.2, 0.25) is 0 Å². The molecule has 1 spiro atoms. The second-order valence-electron chi connectivity index (χ2n) is 4.17. The van der Waals surface area contributed by atoms with Crippen molar-refractivity contribution >= 4 is 17.7 Å². The third-order valence-corrected chi connectivity index (χ3v) is 4.23. The number of carbonyl (C=O) groups is 1. The van der Waals surface area contributed by atoms with Crippen molar-refractivity contribution in [2.24, 2.45) is 5.92 Å². The molecule has 0 aromatic heterocycles. The minimum absolute atomic E-state index is 0.0907. The van der Waals surface area contributed by atoms with Gasteiger partial charge in [0.15, 0.2) is 0 Å². The molecule has 0 aromatic rings. The number of hydrogen-bond acceptors (Lipinski definition) is 3. The van der Waals surface area contributed by atoms with Crippen molar-refractivity contribution < 1.29 is 14.6 Å². The van der Waals surface area contributed by atoms with E-state index in [9.17, 15) is 4.79 Å². The molecule has 0 aliphatic carbocycles. The van der Waals surface area contributed by atoms with E-state index < -0.39 is 5.97 Å². The van der Waals surface area contributed by atoms with Crippen LogP contribution in [0.4, 0.5) is 0 Å². The normalized spacial score (nSPS) is 31.6. The Balaban J connectivity index is 2.01. The average molecular weight is 216 g/mol. The van der Waals surface area contributed by atoms with Gasteiger partial charge in [0.1, 0.15) is 0 Å². The van der Waals surface area contributed by atoms with E-state index in [2.05, 4.69) is 0 Å². The number of hydrogen-bond donors (Lipinski definition) is 1. The number of thioether (sulfide) groups is 1. The van der Waals surface area contributed by atoms with E-state index in [0.717, 1.165) is 30.8 Å². The standard InChI is InChI=1S/C10H16O3S/c11-9(12)8-1-4-13-10(7-8)2-5-14-6-3-10/h8H,1-7H2,(H,11,12). The summed E-state index contributed by atoms with van der Waals surface area (Å²) < 4.78 is 5.81. The van der Waals surface area contributed by atoms with Gasteiger partial charge in [-0.3, -0.25) is 4.79 Å². The zero-order chi connectivity index (χ0) is 10.0. The summed E-state index contributed by atoms with van der Waals surface area (Å²) in [6.45, 7) is 0.627. The summed E-state index contributed by atoms with van der Waals surface area (Å²) in [4.78, 5) is 10.9. The molecular weight excluding hydrogens is 200 g/mol. The maximum Gasteiger partial charge on any atom is 0.306 e. The summed E-state index contributed by atoms with van der Waals surface area (Å²) in [6, 6.07) is 0. The summed E-state index contributed by atoms with van der Waals surface area (Å²) in [5.41, 5.74) is -0.0907. The van der Waals surface area contributed by atoms with Crippen LogP contribution in [0.1, 0.15) is 25.7 Å². The molecule has 0 bridgehead atoms. The van der Waals surface area contributed by atoms with Crippen LogP contribution in [0.25, 0.3) is 0 Å². The van der Waals surface area contributed by atoms with Gasteiger partial charge in [0.05, 0.1) is 11.5 Å². The number of aliphatic carboxylic acids is 1. The van der Waals surface area contributed by atoms with Crippen LogP contribution in [0.2, 0.25) is 0 Å². The lowest BCUT2D eigenvalue weighted by molar-refractivity contribution is -0.155. The molecular formula is C10H16O3S. The lowest BCUT2D eigenvalue weighted by Crippen LogP contribution is -2.44. The van der Waals surface area contributed by atoms with Gasteiger partial charge >= 0.3 is 5.97 Å². The maximum atomic E-state index is 10.9. The molecule has 4 heteroatoms. The summed E-state index contributed by atoms with van der Waals surface area (Å²) >= 11 is 1.94. The van der Waals surface area contributed by atoms with Gasteiger partial charge in [-0.25, -0.2) is 0 Å². The van der Waals surface area contributed by atoms with Crippen molar-refractivity contribution in [2.45, 2.75) is 31.3 Å². The van der Waals surface area contributed by atoms with Crippen LogP contribution in [-0.4, -0.2) is 34.8 Å². The largest absolute Gasteiger partial charge is 0.481 e. The predicted molar refractivity (Wildman–Crippen MR) is 55.6 cm³/mol. The van der Waals surface area contributed by atoms with Crippen LogP contribution >= 0.6 is 11.8 Å². The van der Waals surface area contributed by atoms with Crippen LogP contribution in [0, 0.1) is 5.92 Å². The molecule has 2 aliphatic heterocycles. The first kappa shape index (κ1) is 10.3. The summed E-state index contributed by atoms with van der Waals surface area (Å²) in [5.74, 6) is 1.41. The van der Waals surface area contributed by atoms with Gasteiger partial charge in [-0.2, -0.15) is 11.8 Å². The molecule has 3 nitrogen and oxygen atoms in total. The molecule has 0 aromatic carbocycles. The van der Waals surface area contributed by atoms with Gasteiger partial charge in [-0.1, -0.05) is 0 Å². The number of rotatable bonds is 1. The summed E-state index contributed by atoms with van der Waals surface area (Å²) in [7, 11) is 0. The minimum atomic E-state index is -0.647. The molecule has 1 N–H and O–H groups in total. The molecule has 2 heterocycles. The van der Waals surface area contributed by atoms with Crippen molar-refractivity contribution in [3.63, 3.8) is 0 Å². The molecule has 1 atom stereocenters. The fourth-order valence-corrected chi connectivity index (χ4v) is 3.57. The second kappa shape index (κ2) is 4.11. The molecule has 0 amide bonds. The molecule has 2 fully saturated rings. The van der Waals surface area contributed by atoms with Gasteiger partial charge in [0, 0.05) is 6.61 Å². The number of ether oxygens (including phenoxy) is 1. The first-order valence-corrected chi connectivity index (χ1v) is 6.32. The Morgan fingerprint density at radius 1 is 1.43 bits per heavy atom. The Morgan fingerprint density at radius 3 is 2.79 bits per heavy atom. The Bertz CT molecular complexity index is 218. The number of carboxylic acid groups (broad SMARTS) is 1. The van der Waals surface area contributed by atoms with E-state index in [0.29, 0.717) is 13.0 Å². The van der Waals surface area contributed by atoms with E-state index >= 15 is 0 Å². The van der Waals surface area contributed by atoms with E-state index in [-0.39, 0.29) is 11.5 Å². The van der Waals surface area contributed by atoms with E-state index in [1.807, 2.05) is 11.8 Å². The fraction of sp³-hybridized carbons (Fsp3) is 0.900. The first-order chi connectivity index (χ1) is 6.72. The molecule has 0 saturated carbocycles. The topological polar surface area (TPSA) is 46.5 Å². The molecule has 2 aliphatic rings. The summed E-state index contributed by atoms with van der Waals surface area (Å²) in [6.07, 6.45) is 3.47. The van der Waals surface area contributed by atoms with E-state index in [1.165, 1.54) is 0 Å². The summed E-state index contributed by atoms with van der Waals surface area (Å²) in [5, 5.41) is 8.99. The Kier molecular flexibility index (Phi) is 3.02. The second-order valence-corrected chi connectivity index (χ2v) is 5.40. The monoisotopic (exact) mass is 216 g/mol. The molecule has 2 saturated heterocycles. The predicted octanol–water partition coefficient (Wildman–Crippen LogP) is 1.76. The highest BCUT2D eigenvalue weighted by molar-refractivity contribution is 7.99. The maximum absolute atomic E-state index is 10.9. The highest BCUT2D eigenvalue weighted by Gasteiger charge is 2.40. The van der Waals surface area contributed by atoms with Crippen LogP contribution < -0.4 is 0 Å². The van der Waals surface area contributed by atoms with Crippen LogP contribution in [0.15, 0.2) is 0 Å². The zero-order valence-electron chi connectivity index (χ0n) is 8.20. The highest BCUT2D eigenvalue weighted by Crippen LogP contribution is 2.39. The van der Waals surface area contributed by atoms with Gasteiger partial charge in [-0.05, 0) is 37.2 Å².